The lowest BCUT2D eigenvalue weighted by Gasteiger charge is -2.47. The van der Waals surface area contributed by atoms with Gasteiger partial charge >= 0.3 is 0 Å². The van der Waals surface area contributed by atoms with E-state index in [4.69, 9.17) is 0 Å². The Kier molecular flexibility index (Phi) is 3.74. The van der Waals surface area contributed by atoms with Crippen LogP contribution in [0, 0.1) is 17.3 Å². The van der Waals surface area contributed by atoms with Gasteiger partial charge in [-0.05, 0) is 49.5 Å². The molecule has 124 valence electrons. The highest BCUT2D eigenvalue weighted by atomic mass is 16.2. The molecule has 1 spiro atoms. The Morgan fingerprint density at radius 2 is 1.87 bits per heavy atom. The van der Waals surface area contributed by atoms with Crippen LogP contribution in [-0.2, 0) is 4.79 Å². The van der Waals surface area contributed by atoms with Gasteiger partial charge in [0, 0.05) is 44.5 Å². The standard InChI is InChI=1S/C18H26N4O/c1-14-12-15(14)16(23)21-10-5-18(6-11-21)4-2-9-22(13-18)17-19-7-3-8-20-17/h3,7-8,14-15H,2,4-6,9-13H2,1H3/t14-,15-/m0/s1. The Morgan fingerprint density at radius 3 is 2.52 bits per heavy atom. The second-order valence-corrected chi connectivity index (χ2v) is 7.72. The highest BCUT2D eigenvalue weighted by Crippen LogP contribution is 2.43. The summed E-state index contributed by atoms with van der Waals surface area (Å²) in [5, 5.41) is 0. The van der Waals surface area contributed by atoms with E-state index < -0.39 is 0 Å². The van der Waals surface area contributed by atoms with Crippen LogP contribution in [0.1, 0.15) is 39.0 Å². The van der Waals surface area contributed by atoms with Crippen LogP contribution in [0.5, 0.6) is 0 Å². The molecule has 3 aliphatic rings. The number of carbonyl (C=O) groups is 1. The van der Waals surface area contributed by atoms with Crippen LogP contribution < -0.4 is 4.90 Å². The quantitative estimate of drug-likeness (QED) is 0.841. The van der Waals surface area contributed by atoms with Gasteiger partial charge in [-0.15, -0.1) is 0 Å². The number of carbonyl (C=O) groups excluding carboxylic acids is 1. The number of amides is 1. The molecule has 2 atom stereocenters. The van der Waals surface area contributed by atoms with E-state index >= 15 is 0 Å². The number of hydrogen-bond donors (Lipinski definition) is 0. The van der Waals surface area contributed by atoms with Gasteiger partial charge in [-0.25, -0.2) is 9.97 Å². The first-order chi connectivity index (χ1) is 11.2. The molecular weight excluding hydrogens is 288 g/mol. The number of anilines is 1. The summed E-state index contributed by atoms with van der Waals surface area (Å²) in [5.41, 5.74) is 0.351. The second kappa shape index (κ2) is 5.77. The molecule has 1 aromatic rings. The highest BCUT2D eigenvalue weighted by Gasteiger charge is 2.45. The fourth-order valence-electron chi connectivity index (χ4n) is 4.34. The lowest BCUT2D eigenvalue weighted by atomic mass is 9.72. The van der Waals surface area contributed by atoms with Crippen molar-refractivity contribution >= 4 is 11.9 Å². The van der Waals surface area contributed by atoms with Gasteiger partial charge in [-0.3, -0.25) is 4.79 Å². The van der Waals surface area contributed by atoms with Crippen LogP contribution in [0.25, 0.3) is 0 Å². The van der Waals surface area contributed by atoms with Gasteiger partial charge in [0.05, 0.1) is 0 Å². The van der Waals surface area contributed by atoms with Crippen molar-refractivity contribution in [3.63, 3.8) is 0 Å². The zero-order valence-corrected chi connectivity index (χ0v) is 13.9. The van der Waals surface area contributed by atoms with E-state index in [1.807, 2.05) is 18.5 Å². The molecule has 0 aromatic carbocycles. The topological polar surface area (TPSA) is 49.3 Å². The van der Waals surface area contributed by atoms with Gasteiger partial charge in [-0.2, -0.15) is 0 Å². The molecule has 1 amide bonds. The van der Waals surface area contributed by atoms with Crippen molar-refractivity contribution in [3.05, 3.63) is 18.5 Å². The minimum Gasteiger partial charge on any atom is -0.342 e. The molecule has 23 heavy (non-hydrogen) atoms. The number of aromatic nitrogens is 2. The van der Waals surface area contributed by atoms with E-state index in [1.165, 1.54) is 12.8 Å². The molecular formula is C18H26N4O. The molecule has 1 aromatic heterocycles. The molecule has 3 heterocycles. The molecule has 0 bridgehead atoms. The van der Waals surface area contributed by atoms with E-state index in [1.54, 1.807) is 0 Å². The summed E-state index contributed by atoms with van der Waals surface area (Å²) < 4.78 is 0. The van der Waals surface area contributed by atoms with Crippen molar-refractivity contribution in [1.29, 1.82) is 0 Å². The number of hydrogen-bond acceptors (Lipinski definition) is 4. The van der Waals surface area contributed by atoms with Crippen LogP contribution in [0.3, 0.4) is 0 Å². The van der Waals surface area contributed by atoms with Crippen molar-refractivity contribution in [2.24, 2.45) is 17.3 Å². The first kappa shape index (κ1) is 14.9. The number of likely N-dealkylation sites (tertiary alicyclic amines) is 1. The third-order valence-electron chi connectivity index (χ3n) is 6.06. The Hall–Kier alpha value is -1.65. The molecule has 2 aliphatic heterocycles. The molecule has 0 unspecified atom stereocenters. The molecule has 4 rings (SSSR count). The molecule has 0 radical (unpaired) electrons. The number of piperidine rings is 2. The summed E-state index contributed by atoms with van der Waals surface area (Å²) in [6.07, 6.45) is 9.47. The minimum absolute atomic E-state index is 0.324. The van der Waals surface area contributed by atoms with E-state index in [-0.39, 0.29) is 0 Å². The predicted octanol–water partition coefficient (Wildman–Crippen LogP) is 2.34. The third kappa shape index (κ3) is 2.93. The smallest absolute Gasteiger partial charge is 0.225 e. The molecule has 0 N–H and O–H groups in total. The fourth-order valence-corrected chi connectivity index (χ4v) is 4.34. The lowest BCUT2D eigenvalue weighted by molar-refractivity contribution is -0.135. The lowest BCUT2D eigenvalue weighted by Crippen LogP contribution is -2.51. The second-order valence-electron chi connectivity index (χ2n) is 7.72. The molecule has 1 aliphatic carbocycles. The number of rotatable bonds is 2. The molecule has 3 fully saturated rings. The van der Waals surface area contributed by atoms with Gasteiger partial charge in [0.1, 0.15) is 0 Å². The zero-order chi connectivity index (χ0) is 15.9. The molecule has 5 nitrogen and oxygen atoms in total. The minimum atomic E-state index is 0.324. The van der Waals surface area contributed by atoms with Crippen LogP contribution in [-0.4, -0.2) is 47.0 Å². The van der Waals surface area contributed by atoms with Crippen molar-refractivity contribution in [3.8, 4) is 0 Å². The van der Waals surface area contributed by atoms with Crippen molar-refractivity contribution in [2.75, 3.05) is 31.1 Å². The van der Waals surface area contributed by atoms with Crippen molar-refractivity contribution in [1.82, 2.24) is 14.9 Å². The monoisotopic (exact) mass is 314 g/mol. The summed E-state index contributed by atoms with van der Waals surface area (Å²) in [4.78, 5) is 25.7. The van der Waals surface area contributed by atoms with Crippen LogP contribution in [0.15, 0.2) is 18.5 Å². The predicted molar refractivity (Wildman–Crippen MR) is 89.0 cm³/mol. The van der Waals surface area contributed by atoms with Gasteiger partial charge in [-0.1, -0.05) is 6.92 Å². The number of nitrogens with zero attached hydrogens (tertiary/aromatic N) is 4. The Bertz CT molecular complexity index is 568. The summed E-state index contributed by atoms with van der Waals surface area (Å²) in [7, 11) is 0. The van der Waals surface area contributed by atoms with Crippen LogP contribution in [0.4, 0.5) is 5.95 Å². The van der Waals surface area contributed by atoms with E-state index in [2.05, 4.69) is 26.7 Å². The largest absolute Gasteiger partial charge is 0.342 e. The maximum Gasteiger partial charge on any atom is 0.225 e. The van der Waals surface area contributed by atoms with E-state index in [9.17, 15) is 4.79 Å². The average molecular weight is 314 g/mol. The fraction of sp³-hybridized carbons (Fsp3) is 0.722. The summed E-state index contributed by atoms with van der Waals surface area (Å²) in [6, 6.07) is 1.87. The van der Waals surface area contributed by atoms with Gasteiger partial charge in [0.15, 0.2) is 0 Å². The zero-order valence-electron chi connectivity index (χ0n) is 13.9. The first-order valence-electron chi connectivity index (χ1n) is 8.98. The summed E-state index contributed by atoms with van der Waals surface area (Å²) in [5.74, 6) is 2.20. The van der Waals surface area contributed by atoms with Gasteiger partial charge < -0.3 is 9.80 Å². The SMILES string of the molecule is C[C@H]1C[C@@H]1C(=O)N1CCC2(CCCN(c3ncccn3)C2)CC1. The Labute approximate surface area is 138 Å². The van der Waals surface area contributed by atoms with Crippen molar-refractivity contribution in [2.45, 2.75) is 39.0 Å². The Morgan fingerprint density at radius 1 is 1.17 bits per heavy atom. The van der Waals surface area contributed by atoms with Crippen LogP contribution in [0.2, 0.25) is 0 Å². The molecule has 5 heteroatoms. The summed E-state index contributed by atoms with van der Waals surface area (Å²) >= 11 is 0. The maximum atomic E-state index is 12.4. The first-order valence-corrected chi connectivity index (χ1v) is 8.98. The average Bonchev–Trinajstić information content (AvgIpc) is 3.33. The van der Waals surface area contributed by atoms with Crippen molar-refractivity contribution < 1.29 is 4.79 Å². The van der Waals surface area contributed by atoms with Gasteiger partial charge in [0.2, 0.25) is 11.9 Å². The highest BCUT2D eigenvalue weighted by molar-refractivity contribution is 5.81. The van der Waals surface area contributed by atoms with Crippen LogP contribution >= 0.6 is 0 Å². The Balaban J connectivity index is 1.39. The maximum absolute atomic E-state index is 12.4. The van der Waals surface area contributed by atoms with E-state index in [0.717, 1.165) is 51.4 Å². The molecule has 1 saturated carbocycles. The normalized spacial score (nSPS) is 29.6. The molecule has 2 saturated heterocycles. The van der Waals surface area contributed by atoms with E-state index in [0.29, 0.717) is 23.2 Å². The summed E-state index contributed by atoms with van der Waals surface area (Å²) in [6.45, 7) is 6.15. The third-order valence-corrected chi connectivity index (χ3v) is 6.06. The van der Waals surface area contributed by atoms with Gasteiger partial charge in [0.25, 0.3) is 0 Å².